The second kappa shape index (κ2) is 10.9. The van der Waals surface area contributed by atoms with Crippen molar-refractivity contribution in [3.63, 3.8) is 0 Å². The number of nitrogens with one attached hydrogen (secondary N) is 2. The number of aromatic nitrogens is 2. The van der Waals surface area contributed by atoms with Crippen molar-refractivity contribution in [1.82, 2.24) is 20.0 Å². The zero-order valence-electron chi connectivity index (χ0n) is 20.1. The lowest BCUT2D eigenvalue weighted by Crippen LogP contribution is -2.54. The molecule has 13 heteroatoms. The van der Waals surface area contributed by atoms with Gasteiger partial charge in [0.1, 0.15) is 23.4 Å². The average molecular weight is 557 g/mol. The first-order valence-electron chi connectivity index (χ1n) is 11.5. The summed E-state index contributed by atoms with van der Waals surface area (Å²) in [7, 11) is 1.53. The molecule has 0 aliphatic carbocycles. The molecular formula is C25H22F2N6O3S2. The number of benzene rings is 2. The molecule has 38 heavy (non-hydrogen) atoms. The number of carbonyl (C=O) groups is 2. The van der Waals surface area contributed by atoms with Crippen LogP contribution in [-0.4, -0.2) is 46.1 Å². The number of likely N-dealkylation sites (N-methyl/N-ethyl adjacent to an activating group) is 1. The molecule has 5 rings (SSSR count). The van der Waals surface area contributed by atoms with E-state index in [0.717, 1.165) is 28.5 Å². The molecule has 4 aromatic rings. The van der Waals surface area contributed by atoms with Gasteiger partial charge in [-0.3, -0.25) is 9.78 Å². The third-order valence-electron chi connectivity index (χ3n) is 6.12. The molecule has 2 aromatic heterocycles. The summed E-state index contributed by atoms with van der Waals surface area (Å²) >= 11 is -0.489. The van der Waals surface area contributed by atoms with E-state index < -0.39 is 41.2 Å². The molecule has 2 aromatic carbocycles. The van der Waals surface area contributed by atoms with Gasteiger partial charge in [0.05, 0.1) is 28.5 Å². The molecule has 0 fully saturated rings. The zero-order valence-corrected chi connectivity index (χ0v) is 21.7. The van der Waals surface area contributed by atoms with Crippen LogP contribution in [0.2, 0.25) is 0 Å². The fourth-order valence-electron chi connectivity index (χ4n) is 4.27. The minimum atomic E-state index is -1.95. The van der Waals surface area contributed by atoms with Crippen molar-refractivity contribution in [3.05, 3.63) is 83.1 Å². The van der Waals surface area contributed by atoms with Gasteiger partial charge >= 0.3 is 6.03 Å². The Bertz CT molecular complexity index is 1480. The fourth-order valence-corrected chi connectivity index (χ4v) is 5.85. The first kappa shape index (κ1) is 25.8. The molecule has 0 bridgehead atoms. The highest BCUT2D eigenvalue weighted by Crippen LogP contribution is 2.28. The first-order valence-corrected chi connectivity index (χ1v) is 13.5. The largest absolute Gasteiger partial charge is 0.568 e. The lowest BCUT2D eigenvalue weighted by atomic mass is 10.0. The number of thiazole rings is 1. The standard InChI is InChI=1S/C25H22F2N6O3S2/c1-32(19-2-3-23-20(12-19)29-14-37-23)24(34)21(10-15-8-17(26)11-18(27)9-15)30-25(35)31-38(36)33-7-5-16-4-6-28-13-22(16)33/h2-4,6,8-9,11-14,21H,5,7,10H2,1H3,(H2,30,31,35). The Morgan fingerprint density at radius 2 is 2.00 bits per heavy atom. The molecule has 1 aliphatic heterocycles. The molecule has 2 atom stereocenters. The Labute approximate surface area is 223 Å². The van der Waals surface area contributed by atoms with Crippen molar-refractivity contribution in [3.8, 4) is 0 Å². The number of hydrogen-bond donors (Lipinski definition) is 2. The first-order chi connectivity index (χ1) is 18.3. The summed E-state index contributed by atoms with van der Waals surface area (Å²) in [5.41, 5.74) is 4.69. The number of urea groups is 1. The minimum Gasteiger partial charge on any atom is -0.568 e. The SMILES string of the molecule is CN(C(=O)C(Cc1cc(F)cc(F)c1)NC(=O)N[S+]([O-])N1CCc2ccncc21)c1ccc2scnc2c1. The fraction of sp³-hybridized carbons (Fsp3) is 0.200. The molecule has 0 spiro atoms. The van der Waals surface area contributed by atoms with Gasteiger partial charge in [-0.2, -0.15) is 4.31 Å². The van der Waals surface area contributed by atoms with Crippen LogP contribution in [0.4, 0.5) is 25.0 Å². The Morgan fingerprint density at radius 1 is 1.21 bits per heavy atom. The van der Waals surface area contributed by atoms with E-state index in [1.165, 1.54) is 27.6 Å². The number of pyridine rings is 1. The van der Waals surface area contributed by atoms with Crippen molar-refractivity contribution in [2.24, 2.45) is 0 Å². The number of halogens is 2. The van der Waals surface area contributed by atoms with Gasteiger partial charge in [-0.05, 0) is 53.9 Å². The smallest absolute Gasteiger partial charge is 0.358 e. The molecular weight excluding hydrogens is 534 g/mol. The zero-order chi connectivity index (χ0) is 26.8. The van der Waals surface area contributed by atoms with Crippen LogP contribution >= 0.6 is 11.3 Å². The van der Waals surface area contributed by atoms with Crippen LogP contribution in [-0.2, 0) is 29.2 Å². The van der Waals surface area contributed by atoms with E-state index in [9.17, 15) is 22.9 Å². The molecule has 9 nitrogen and oxygen atoms in total. The van der Waals surface area contributed by atoms with Gasteiger partial charge in [0.25, 0.3) is 0 Å². The van der Waals surface area contributed by atoms with E-state index in [-0.39, 0.29) is 12.0 Å². The van der Waals surface area contributed by atoms with Crippen LogP contribution in [0.1, 0.15) is 11.1 Å². The highest BCUT2D eigenvalue weighted by atomic mass is 32.2. The molecule has 2 unspecified atom stereocenters. The van der Waals surface area contributed by atoms with Gasteiger partial charge < -0.3 is 14.8 Å². The third-order valence-corrected chi connectivity index (χ3v) is 8.07. The maximum Gasteiger partial charge on any atom is 0.358 e. The predicted octanol–water partition coefficient (Wildman–Crippen LogP) is 3.48. The number of hydrogen-bond acceptors (Lipinski definition) is 7. The van der Waals surface area contributed by atoms with Crippen LogP contribution in [0.15, 0.2) is 60.4 Å². The number of amides is 3. The number of carbonyl (C=O) groups excluding carboxylic acids is 2. The molecule has 196 valence electrons. The highest BCUT2D eigenvalue weighted by Gasteiger charge is 2.32. The van der Waals surface area contributed by atoms with Gasteiger partial charge in [-0.25, -0.2) is 18.6 Å². The molecule has 0 radical (unpaired) electrons. The van der Waals surface area contributed by atoms with Crippen LogP contribution in [0.3, 0.4) is 0 Å². The van der Waals surface area contributed by atoms with Crippen molar-refractivity contribution >= 4 is 56.4 Å². The molecule has 3 amide bonds. The van der Waals surface area contributed by atoms with Crippen molar-refractivity contribution in [2.45, 2.75) is 18.9 Å². The van der Waals surface area contributed by atoms with E-state index >= 15 is 0 Å². The topological polar surface area (TPSA) is 114 Å². The number of nitrogens with zero attached hydrogens (tertiary/aromatic N) is 4. The van der Waals surface area contributed by atoms with E-state index in [1.807, 2.05) is 12.1 Å². The number of fused-ring (bicyclic) bond motifs is 2. The molecule has 1 aliphatic rings. The van der Waals surface area contributed by atoms with Crippen molar-refractivity contribution in [1.29, 1.82) is 0 Å². The van der Waals surface area contributed by atoms with Crippen LogP contribution in [0, 0.1) is 11.6 Å². The minimum absolute atomic E-state index is 0.171. The second-order valence-electron chi connectivity index (χ2n) is 8.62. The van der Waals surface area contributed by atoms with E-state index in [0.29, 0.717) is 29.9 Å². The monoisotopic (exact) mass is 556 g/mol. The van der Waals surface area contributed by atoms with E-state index in [4.69, 9.17) is 0 Å². The van der Waals surface area contributed by atoms with E-state index in [1.54, 1.807) is 30.0 Å². The molecule has 2 N–H and O–H groups in total. The third kappa shape index (κ3) is 5.54. The summed E-state index contributed by atoms with van der Waals surface area (Å²) in [4.78, 5) is 36.0. The van der Waals surface area contributed by atoms with Gasteiger partial charge in [0.2, 0.25) is 5.91 Å². The summed E-state index contributed by atoms with van der Waals surface area (Å²) < 4.78 is 45.4. The van der Waals surface area contributed by atoms with Crippen LogP contribution in [0.5, 0.6) is 0 Å². The van der Waals surface area contributed by atoms with Gasteiger partial charge in [0, 0.05) is 31.4 Å². The average Bonchev–Trinajstić information content (AvgIpc) is 3.53. The van der Waals surface area contributed by atoms with Crippen molar-refractivity contribution < 1.29 is 22.9 Å². The molecule has 0 saturated heterocycles. The lowest BCUT2D eigenvalue weighted by Gasteiger charge is -2.26. The Balaban J connectivity index is 1.34. The van der Waals surface area contributed by atoms with Crippen LogP contribution in [0.25, 0.3) is 10.2 Å². The predicted molar refractivity (Wildman–Crippen MR) is 142 cm³/mol. The maximum atomic E-state index is 13.9. The van der Waals surface area contributed by atoms with Crippen LogP contribution < -0.4 is 19.2 Å². The number of anilines is 2. The Kier molecular flexibility index (Phi) is 7.40. The highest BCUT2D eigenvalue weighted by molar-refractivity contribution is 7.91. The summed E-state index contributed by atoms with van der Waals surface area (Å²) in [6.45, 7) is 0.417. The summed E-state index contributed by atoms with van der Waals surface area (Å²) in [6, 6.07) is 7.93. The van der Waals surface area contributed by atoms with Gasteiger partial charge in [-0.1, -0.05) is 0 Å². The Morgan fingerprint density at radius 3 is 2.79 bits per heavy atom. The summed E-state index contributed by atoms with van der Waals surface area (Å²) in [6.07, 6.45) is 3.65. The van der Waals surface area contributed by atoms with Crippen molar-refractivity contribution in [2.75, 3.05) is 22.8 Å². The summed E-state index contributed by atoms with van der Waals surface area (Å²) in [5.74, 6) is -2.15. The van der Waals surface area contributed by atoms with Gasteiger partial charge in [0.15, 0.2) is 11.5 Å². The lowest BCUT2D eigenvalue weighted by molar-refractivity contribution is -0.120. The molecule has 3 heterocycles. The normalized spacial score (nSPS) is 14.2. The summed E-state index contributed by atoms with van der Waals surface area (Å²) in [5, 5.41) is 2.53. The molecule has 0 saturated carbocycles. The Hall–Kier alpha value is -3.81. The van der Waals surface area contributed by atoms with E-state index in [2.05, 4.69) is 20.0 Å². The quantitative estimate of drug-likeness (QED) is 0.337. The second-order valence-corrected chi connectivity index (χ2v) is 10.6. The maximum absolute atomic E-state index is 13.9. The number of rotatable bonds is 7. The van der Waals surface area contributed by atoms with Gasteiger partial charge in [-0.15, -0.1) is 16.1 Å².